The van der Waals surface area contributed by atoms with Gasteiger partial charge in [-0.25, -0.2) is 19.2 Å². The number of rotatable bonds is 11. The van der Waals surface area contributed by atoms with Gasteiger partial charge in [-0.15, -0.1) is 11.3 Å². The lowest BCUT2D eigenvalue weighted by molar-refractivity contribution is -0.145. The van der Waals surface area contributed by atoms with Gasteiger partial charge < -0.3 is 19.5 Å². The van der Waals surface area contributed by atoms with E-state index in [2.05, 4.69) is 26.8 Å². The van der Waals surface area contributed by atoms with Crippen molar-refractivity contribution in [3.05, 3.63) is 95.0 Å². The molecule has 1 saturated heterocycles. The average molecular weight is 661 g/mol. The molecule has 6 rings (SSSR count). The molecule has 0 saturated carbocycles. The number of piperazine rings is 1. The molecule has 1 fully saturated rings. The van der Waals surface area contributed by atoms with E-state index in [0.717, 1.165) is 65.4 Å². The third-order valence-corrected chi connectivity index (χ3v) is 9.85. The lowest BCUT2D eigenvalue weighted by Crippen LogP contribution is -2.45. The number of hydrogen-bond acceptors (Lipinski definition) is 8. The van der Waals surface area contributed by atoms with Crippen molar-refractivity contribution in [3.8, 4) is 33.2 Å². The number of nitrogens with zero attached hydrogens (tertiary/aromatic N) is 4. The van der Waals surface area contributed by atoms with Crippen LogP contribution in [0.15, 0.2) is 73.1 Å². The molecule has 8 nitrogen and oxygen atoms in total. The van der Waals surface area contributed by atoms with E-state index < -0.39 is 12.1 Å². The fourth-order valence-corrected chi connectivity index (χ4v) is 6.97. The van der Waals surface area contributed by atoms with Crippen LogP contribution in [0.3, 0.4) is 0 Å². The number of aliphatic carboxylic acids is 1. The monoisotopic (exact) mass is 660 g/mol. The van der Waals surface area contributed by atoms with E-state index in [1.54, 1.807) is 12.1 Å². The van der Waals surface area contributed by atoms with Crippen LogP contribution in [-0.4, -0.2) is 83.3 Å². The number of carboxylic acid groups (broad SMARTS) is 1. The quantitative estimate of drug-likeness (QED) is 0.165. The number of halogens is 2. The van der Waals surface area contributed by atoms with Crippen molar-refractivity contribution in [1.82, 2.24) is 19.8 Å². The highest BCUT2D eigenvalue weighted by Gasteiger charge is 2.27. The highest BCUT2D eigenvalue weighted by Crippen LogP contribution is 2.49. The third-order valence-electron chi connectivity index (χ3n) is 8.23. The molecule has 0 radical (unpaired) electrons. The normalized spacial score (nSPS) is 14.8. The van der Waals surface area contributed by atoms with Crippen LogP contribution < -0.4 is 9.47 Å². The smallest absolute Gasteiger partial charge is 0.345 e. The van der Waals surface area contributed by atoms with E-state index in [1.165, 1.54) is 29.8 Å². The molecule has 238 valence electrons. The minimum atomic E-state index is -1.19. The van der Waals surface area contributed by atoms with E-state index in [-0.39, 0.29) is 18.1 Å². The molecule has 1 atom stereocenters. The van der Waals surface area contributed by atoms with Gasteiger partial charge in [0.25, 0.3) is 0 Å². The number of fused-ring (bicyclic) bond motifs is 1. The van der Waals surface area contributed by atoms with Gasteiger partial charge in [0.05, 0.1) is 10.4 Å². The number of carbonyl (C=O) groups is 1. The first-order chi connectivity index (χ1) is 22.3. The molecule has 0 spiro atoms. The molecule has 1 aliphatic rings. The predicted octanol–water partition coefficient (Wildman–Crippen LogP) is 6.83. The van der Waals surface area contributed by atoms with Crippen molar-refractivity contribution >= 4 is 39.1 Å². The number of thiophene rings is 1. The van der Waals surface area contributed by atoms with Crippen LogP contribution >= 0.6 is 22.9 Å². The average Bonchev–Trinajstić information content (AvgIpc) is 3.45. The summed E-state index contributed by atoms with van der Waals surface area (Å²) in [5.74, 6) is -0.724. The summed E-state index contributed by atoms with van der Waals surface area (Å²) < 4.78 is 26.3. The Morgan fingerprint density at radius 3 is 2.50 bits per heavy atom. The first kappa shape index (κ1) is 31.9. The molecule has 3 aromatic carbocycles. The van der Waals surface area contributed by atoms with E-state index in [9.17, 15) is 14.3 Å². The molecule has 46 heavy (non-hydrogen) atoms. The minimum absolute atomic E-state index is 0.149. The van der Waals surface area contributed by atoms with E-state index in [1.807, 2.05) is 49.4 Å². The molecule has 0 aliphatic carbocycles. The third kappa shape index (κ3) is 7.00. The van der Waals surface area contributed by atoms with Gasteiger partial charge >= 0.3 is 5.97 Å². The summed E-state index contributed by atoms with van der Waals surface area (Å²) in [5, 5.41) is 11.1. The SMILES string of the molecule is Cc1c(-c2c(-c3ccc(F)cc3)sc3ncnc(O[C@H](Cc4ccccc4)C(=O)O)c23)ccc(OCCN2CCN(C)CC2)c1Cl. The summed E-state index contributed by atoms with van der Waals surface area (Å²) in [6.45, 7) is 7.31. The number of likely N-dealkylation sites (N-methyl/N-ethyl adjacent to an activating group) is 1. The van der Waals surface area contributed by atoms with E-state index >= 15 is 0 Å². The second-order valence-corrected chi connectivity index (χ2v) is 12.7. The van der Waals surface area contributed by atoms with Crippen LogP contribution in [0.5, 0.6) is 11.6 Å². The second-order valence-electron chi connectivity index (χ2n) is 11.4. The molecule has 2 aromatic heterocycles. The molecular formula is C35H34ClFN4O4S. The summed E-state index contributed by atoms with van der Waals surface area (Å²) in [7, 11) is 2.13. The lowest BCUT2D eigenvalue weighted by Gasteiger charge is -2.32. The fraction of sp³-hybridized carbons (Fsp3) is 0.286. The molecule has 11 heteroatoms. The largest absolute Gasteiger partial charge is 0.491 e. The van der Waals surface area contributed by atoms with Crippen LogP contribution in [0.1, 0.15) is 11.1 Å². The Hall–Kier alpha value is -4.09. The summed E-state index contributed by atoms with van der Waals surface area (Å²) in [4.78, 5) is 27.4. The number of hydrogen-bond donors (Lipinski definition) is 1. The zero-order valence-corrected chi connectivity index (χ0v) is 27.2. The Morgan fingerprint density at radius 1 is 1.04 bits per heavy atom. The fourth-order valence-electron chi connectivity index (χ4n) is 5.60. The maximum atomic E-state index is 14.0. The molecule has 0 unspecified atom stereocenters. The summed E-state index contributed by atoms with van der Waals surface area (Å²) in [6.07, 6.45) is 0.324. The molecule has 3 heterocycles. The summed E-state index contributed by atoms with van der Waals surface area (Å²) >= 11 is 8.35. The Labute approximate surface area is 276 Å². The minimum Gasteiger partial charge on any atom is -0.491 e. The maximum Gasteiger partial charge on any atom is 0.345 e. The highest BCUT2D eigenvalue weighted by atomic mass is 35.5. The maximum absolute atomic E-state index is 14.0. The number of carboxylic acids is 1. The van der Waals surface area contributed by atoms with Crippen molar-refractivity contribution < 1.29 is 23.8 Å². The van der Waals surface area contributed by atoms with Crippen molar-refractivity contribution in [3.63, 3.8) is 0 Å². The highest BCUT2D eigenvalue weighted by molar-refractivity contribution is 7.22. The Kier molecular flexibility index (Phi) is 9.79. The van der Waals surface area contributed by atoms with Crippen LogP contribution in [0, 0.1) is 12.7 Å². The van der Waals surface area contributed by atoms with Crippen molar-refractivity contribution in [2.24, 2.45) is 0 Å². The Morgan fingerprint density at radius 2 is 1.78 bits per heavy atom. The van der Waals surface area contributed by atoms with E-state index in [4.69, 9.17) is 21.1 Å². The van der Waals surface area contributed by atoms with Crippen LogP contribution in [0.2, 0.25) is 5.02 Å². The standard InChI is InChI=1S/C35H34ClFN4O4S/c1-22-26(12-13-27(31(22)36)44-19-18-41-16-14-40(2)15-17-41)29-30-33(45-28(35(42)43)20-23-6-4-3-5-7-23)38-21-39-34(30)46-32(29)24-8-10-25(37)11-9-24/h3-13,21,28H,14-20H2,1-2H3,(H,42,43)/t28-/m1/s1. The van der Waals surface area contributed by atoms with Crippen molar-refractivity contribution in [2.45, 2.75) is 19.4 Å². The predicted molar refractivity (Wildman–Crippen MR) is 180 cm³/mol. The van der Waals surface area contributed by atoms with Crippen molar-refractivity contribution in [1.29, 1.82) is 0 Å². The number of benzene rings is 3. The van der Waals surface area contributed by atoms with E-state index in [0.29, 0.717) is 27.6 Å². The first-order valence-electron chi connectivity index (χ1n) is 15.1. The van der Waals surface area contributed by atoms with Gasteiger partial charge in [0.1, 0.15) is 29.3 Å². The number of ether oxygens (including phenoxy) is 2. The lowest BCUT2D eigenvalue weighted by atomic mass is 9.96. The first-order valence-corrected chi connectivity index (χ1v) is 16.3. The molecule has 1 aliphatic heterocycles. The Balaban J connectivity index is 1.39. The summed E-state index contributed by atoms with van der Waals surface area (Å²) in [5.41, 5.74) is 3.89. The van der Waals surface area contributed by atoms with Crippen LogP contribution in [0.25, 0.3) is 31.8 Å². The molecule has 1 N–H and O–H groups in total. The zero-order chi connectivity index (χ0) is 32.2. The Bertz CT molecular complexity index is 1830. The number of aromatic nitrogens is 2. The van der Waals surface area contributed by atoms with Crippen LogP contribution in [0.4, 0.5) is 4.39 Å². The molecule has 0 amide bonds. The molecule has 5 aromatic rings. The van der Waals surface area contributed by atoms with Gasteiger partial charge in [0, 0.05) is 49.6 Å². The van der Waals surface area contributed by atoms with Crippen molar-refractivity contribution in [2.75, 3.05) is 46.4 Å². The molecular weight excluding hydrogens is 627 g/mol. The summed E-state index contributed by atoms with van der Waals surface area (Å²) in [6, 6.07) is 19.3. The van der Waals surface area contributed by atoms with Gasteiger partial charge in [-0.3, -0.25) is 4.90 Å². The van der Waals surface area contributed by atoms with Crippen LogP contribution in [-0.2, 0) is 11.2 Å². The van der Waals surface area contributed by atoms with Gasteiger partial charge in [0.15, 0.2) is 0 Å². The van der Waals surface area contributed by atoms with Gasteiger partial charge in [-0.2, -0.15) is 0 Å². The molecule has 0 bridgehead atoms. The van der Waals surface area contributed by atoms with Gasteiger partial charge in [-0.05, 0) is 54.4 Å². The van der Waals surface area contributed by atoms with Gasteiger partial charge in [0.2, 0.25) is 12.0 Å². The second kappa shape index (κ2) is 14.1. The van der Waals surface area contributed by atoms with Gasteiger partial charge in [-0.1, -0.05) is 60.1 Å². The zero-order valence-electron chi connectivity index (χ0n) is 25.6. The topological polar surface area (TPSA) is 88.0 Å².